The number of nitrogens with zero attached hydrogens (tertiary/aromatic N) is 2. The van der Waals surface area contributed by atoms with E-state index in [9.17, 15) is 0 Å². The van der Waals surface area contributed by atoms with Gasteiger partial charge >= 0.3 is 0 Å². The highest BCUT2D eigenvalue weighted by atomic mass is 32.1. The van der Waals surface area contributed by atoms with Crippen molar-refractivity contribution in [2.75, 3.05) is 0 Å². The number of benzene rings is 1. The van der Waals surface area contributed by atoms with Crippen molar-refractivity contribution in [1.29, 1.82) is 0 Å². The van der Waals surface area contributed by atoms with Gasteiger partial charge in [-0.15, -0.1) is 0 Å². The Balaban J connectivity index is 1.81. The zero-order valence-corrected chi connectivity index (χ0v) is 10.4. The van der Waals surface area contributed by atoms with Gasteiger partial charge in [0.25, 0.3) is 0 Å². The van der Waals surface area contributed by atoms with Crippen LogP contribution >= 0.6 is 11.3 Å². The van der Waals surface area contributed by atoms with E-state index in [-0.39, 0.29) is 0 Å². The fourth-order valence-electron chi connectivity index (χ4n) is 2.06. The summed E-state index contributed by atoms with van der Waals surface area (Å²) in [4.78, 5) is 10.5. The molecule has 1 aromatic carbocycles. The van der Waals surface area contributed by atoms with Crippen molar-refractivity contribution in [2.24, 2.45) is 4.99 Å². The van der Waals surface area contributed by atoms with Crippen molar-refractivity contribution in [3.05, 3.63) is 46.5 Å². The van der Waals surface area contributed by atoms with Gasteiger partial charge in [0.05, 0.1) is 5.69 Å². The standard InChI is InChI=1S/C14H14N2S/c1-2-6-11(7-3-1)10-15-14-16-12-8-4-5-9-13(12)17-14/h1-3,6-7,10H,4-5,8-9H2. The van der Waals surface area contributed by atoms with Crippen LogP contribution in [0.1, 0.15) is 29.0 Å². The molecule has 0 aliphatic heterocycles. The zero-order valence-electron chi connectivity index (χ0n) is 9.60. The summed E-state index contributed by atoms with van der Waals surface area (Å²) < 4.78 is 0. The molecule has 0 radical (unpaired) electrons. The number of hydrogen-bond acceptors (Lipinski definition) is 3. The van der Waals surface area contributed by atoms with Gasteiger partial charge in [-0.2, -0.15) is 0 Å². The van der Waals surface area contributed by atoms with Gasteiger partial charge in [-0.3, -0.25) is 0 Å². The number of hydrogen-bond donors (Lipinski definition) is 0. The maximum Gasteiger partial charge on any atom is 0.209 e. The number of thiazole rings is 1. The molecule has 0 saturated heterocycles. The van der Waals surface area contributed by atoms with E-state index in [1.807, 2.05) is 24.4 Å². The molecule has 1 aliphatic rings. The van der Waals surface area contributed by atoms with Crippen molar-refractivity contribution in [3.8, 4) is 0 Å². The van der Waals surface area contributed by atoms with Crippen LogP contribution in [0.2, 0.25) is 0 Å². The van der Waals surface area contributed by atoms with Crippen LogP contribution in [0.4, 0.5) is 5.13 Å². The third kappa shape index (κ3) is 2.44. The zero-order chi connectivity index (χ0) is 11.5. The van der Waals surface area contributed by atoms with Gasteiger partial charge in [0, 0.05) is 11.1 Å². The van der Waals surface area contributed by atoms with Gasteiger partial charge in [0.2, 0.25) is 5.13 Å². The summed E-state index contributed by atoms with van der Waals surface area (Å²) in [5, 5.41) is 0.903. The molecular formula is C14H14N2S. The highest BCUT2D eigenvalue weighted by Crippen LogP contribution is 2.30. The van der Waals surface area contributed by atoms with Crippen molar-refractivity contribution < 1.29 is 0 Å². The molecule has 3 heteroatoms. The van der Waals surface area contributed by atoms with Crippen LogP contribution in [-0.4, -0.2) is 11.2 Å². The summed E-state index contributed by atoms with van der Waals surface area (Å²) >= 11 is 1.75. The minimum Gasteiger partial charge on any atom is -0.227 e. The number of aryl methyl sites for hydroxylation is 2. The first-order valence-electron chi connectivity index (χ1n) is 5.99. The molecule has 0 unspecified atom stereocenters. The monoisotopic (exact) mass is 242 g/mol. The average molecular weight is 242 g/mol. The van der Waals surface area contributed by atoms with E-state index in [4.69, 9.17) is 0 Å². The summed E-state index contributed by atoms with van der Waals surface area (Å²) in [6.07, 6.45) is 6.79. The lowest BCUT2D eigenvalue weighted by Gasteiger charge is -2.06. The van der Waals surface area contributed by atoms with E-state index in [1.165, 1.54) is 29.8 Å². The first-order valence-corrected chi connectivity index (χ1v) is 6.81. The van der Waals surface area contributed by atoms with Gasteiger partial charge in [0.1, 0.15) is 0 Å². The summed E-state index contributed by atoms with van der Waals surface area (Å²) in [5.74, 6) is 0. The third-order valence-electron chi connectivity index (χ3n) is 2.96. The number of fused-ring (bicyclic) bond motifs is 1. The SMILES string of the molecule is C(=Nc1nc2c(s1)CCCC2)c1ccccc1. The molecule has 0 amide bonds. The van der Waals surface area contributed by atoms with E-state index >= 15 is 0 Å². The van der Waals surface area contributed by atoms with Crippen LogP contribution in [0.25, 0.3) is 0 Å². The molecule has 1 aromatic heterocycles. The van der Waals surface area contributed by atoms with Gasteiger partial charge < -0.3 is 0 Å². The minimum absolute atomic E-state index is 0.903. The van der Waals surface area contributed by atoms with Gasteiger partial charge in [-0.25, -0.2) is 9.98 Å². The molecule has 17 heavy (non-hydrogen) atoms. The van der Waals surface area contributed by atoms with Gasteiger partial charge in [-0.1, -0.05) is 41.7 Å². The molecule has 1 aliphatic carbocycles. The Morgan fingerprint density at radius 1 is 1.12 bits per heavy atom. The van der Waals surface area contributed by atoms with Gasteiger partial charge in [-0.05, 0) is 31.2 Å². The van der Waals surface area contributed by atoms with Crippen LogP contribution < -0.4 is 0 Å². The largest absolute Gasteiger partial charge is 0.227 e. The smallest absolute Gasteiger partial charge is 0.209 e. The van der Waals surface area contributed by atoms with E-state index < -0.39 is 0 Å². The molecule has 0 spiro atoms. The van der Waals surface area contributed by atoms with E-state index in [1.54, 1.807) is 11.3 Å². The fourth-order valence-corrected chi connectivity index (χ4v) is 3.06. The molecule has 2 nitrogen and oxygen atoms in total. The lowest BCUT2D eigenvalue weighted by Crippen LogP contribution is -1.98. The summed E-state index contributed by atoms with van der Waals surface area (Å²) in [6, 6.07) is 10.2. The number of rotatable bonds is 2. The highest BCUT2D eigenvalue weighted by Gasteiger charge is 2.14. The normalized spacial score (nSPS) is 15.1. The van der Waals surface area contributed by atoms with Crippen molar-refractivity contribution in [1.82, 2.24) is 4.98 Å². The Bertz CT molecular complexity index is 505. The van der Waals surface area contributed by atoms with Gasteiger partial charge in [0.15, 0.2) is 0 Å². The molecule has 86 valence electrons. The van der Waals surface area contributed by atoms with Crippen LogP contribution in [0.15, 0.2) is 35.3 Å². The maximum absolute atomic E-state index is 4.59. The van der Waals surface area contributed by atoms with Crippen molar-refractivity contribution in [3.63, 3.8) is 0 Å². The van der Waals surface area contributed by atoms with Crippen molar-refractivity contribution >= 4 is 22.7 Å². The second-order valence-corrected chi connectivity index (χ2v) is 5.30. The second kappa shape index (κ2) is 4.80. The average Bonchev–Trinajstić information content (AvgIpc) is 2.80. The first-order chi connectivity index (χ1) is 8.42. The second-order valence-electron chi connectivity index (χ2n) is 4.24. The van der Waals surface area contributed by atoms with Crippen LogP contribution in [0, 0.1) is 0 Å². The Morgan fingerprint density at radius 3 is 2.76 bits per heavy atom. The number of aliphatic imine (C=N–C) groups is 1. The molecule has 0 saturated carbocycles. The van der Waals surface area contributed by atoms with E-state index in [0.29, 0.717) is 0 Å². The third-order valence-corrected chi connectivity index (χ3v) is 4.02. The number of aromatic nitrogens is 1. The summed E-state index contributed by atoms with van der Waals surface area (Å²) in [7, 11) is 0. The summed E-state index contributed by atoms with van der Waals surface area (Å²) in [6.45, 7) is 0. The first kappa shape index (κ1) is 10.7. The van der Waals surface area contributed by atoms with E-state index in [0.717, 1.165) is 17.1 Å². The summed E-state index contributed by atoms with van der Waals surface area (Å²) in [5.41, 5.74) is 2.40. The van der Waals surface area contributed by atoms with Crippen LogP contribution in [-0.2, 0) is 12.8 Å². The van der Waals surface area contributed by atoms with Crippen LogP contribution in [0.5, 0.6) is 0 Å². The lowest BCUT2D eigenvalue weighted by molar-refractivity contribution is 0.682. The predicted octanol–water partition coefficient (Wildman–Crippen LogP) is 3.77. The molecule has 2 aromatic rings. The molecule has 0 fully saturated rings. The Hall–Kier alpha value is -1.48. The highest BCUT2D eigenvalue weighted by molar-refractivity contribution is 7.15. The minimum atomic E-state index is 0.903. The molecule has 1 heterocycles. The van der Waals surface area contributed by atoms with Crippen molar-refractivity contribution in [2.45, 2.75) is 25.7 Å². The molecular weight excluding hydrogens is 228 g/mol. The molecule has 0 atom stereocenters. The Morgan fingerprint density at radius 2 is 1.94 bits per heavy atom. The topological polar surface area (TPSA) is 25.2 Å². The van der Waals surface area contributed by atoms with Crippen LogP contribution in [0.3, 0.4) is 0 Å². The van der Waals surface area contributed by atoms with E-state index in [2.05, 4.69) is 22.1 Å². The lowest BCUT2D eigenvalue weighted by atomic mass is 10.0. The Kier molecular flexibility index (Phi) is 3.01. The maximum atomic E-state index is 4.59. The fraction of sp³-hybridized carbons (Fsp3) is 0.286. The quantitative estimate of drug-likeness (QED) is 0.736. The molecule has 3 rings (SSSR count). The molecule has 0 bridgehead atoms. The predicted molar refractivity (Wildman–Crippen MR) is 72.5 cm³/mol. The molecule has 0 N–H and O–H groups in total. The Labute approximate surface area is 105 Å².